The van der Waals surface area contributed by atoms with Crippen molar-refractivity contribution in [2.45, 2.75) is 6.04 Å². The van der Waals surface area contributed by atoms with Gasteiger partial charge in [-0.05, 0) is 17.7 Å². The Kier molecular flexibility index (Phi) is 6.98. The van der Waals surface area contributed by atoms with E-state index in [2.05, 4.69) is 10.6 Å². The van der Waals surface area contributed by atoms with Gasteiger partial charge in [0.1, 0.15) is 12.6 Å². The van der Waals surface area contributed by atoms with E-state index in [0.717, 1.165) is 12.1 Å². The Morgan fingerprint density at radius 2 is 1.68 bits per heavy atom. The molecule has 0 saturated heterocycles. The number of amides is 2. The lowest BCUT2D eigenvalue weighted by Crippen LogP contribution is -3.06. The largest absolute Gasteiger partial charge is 0.343 e. The van der Waals surface area contributed by atoms with Gasteiger partial charge < -0.3 is 15.5 Å². The lowest BCUT2D eigenvalue weighted by atomic mass is 10.1. The van der Waals surface area contributed by atoms with Crippen LogP contribution in [0.3, 0.4) is 0 Å². The summed E-state index contributed by atoms with van der Waals surface area (Å²) in [4.78, 5) is 25.6. The second kappa shape index (κ2) is 9.20. The fourth-order valence-electron chi connectivity index (χ4n) is 2.49. The lowest BCUT2D eigenvalue weighted by Gasteiger charge is -2.21. The Morgan fingerprint density at radius 1 is 1.04 bits per heavy atom. The van der Waals surface area contributed by atoms with Gasteiger partial charge >= 0.3 is 0 Å². The van der Waals surface area contributed by atoms with E-state index in [-0.39, 0.29) is 24.4 Å². The molecule has 0 bridgehead atoms. The molecule has 0 unspecified atom stereocenters. The average Bonchev–Trinajstić information content (AvgIpc) is 2.60. The molecule has 0 radical (unpaired) electrons. The van der Waals surface area contributed by atoms with Gasteiger partial charge in [-0.15, -0.1) is 0 Å². The van der Waals surface area contributed by atoms with Gasteiger partial charge in [-0.3, -0.25) is 9.59 Å². The van der Waals surface area contributed by atoms with Gasteiger partial charge in [0.25, 0.3) is 5.91 Å². The van der Waals surface area contributed by atoms with Gasteiger partial charge in [0.2, 0.25) is 5.91 Å². The number of hydrogen-bond acceptors (Lipinski definition) is 2. The van der Waals surface area contributed by atoms with Crippen LogP contribution in [-0.2, 0) is 4.79 Å². The first kappa shape index (κ1) is 19.0. The molecule has 0 saturated carbocycles. The van der Waals surface area contributed by atoms with E-state index in [1.54, 1.807) is 24.3 Å². The summed E-state index contributed by atoms with van der Waals surface area (Å²) in [6.45, 7) is 0.643. The summed E-state index contributed by atoms with van der Waals surface area (Å²) in [7, 11) is 4.06. The van der Waals surface area contributed by atoms with Gasteiger partial charge in [-0.1, -0.05) is 54.1 Å². The third-order valence-electron chi connectivity index (χ3n) is 3.68. The fraction of sp³-hybridized carbons (Fsp3) is 0.263. The molecule has 0 fully saturated rings. The first-order chi connectivity index (χ1) is 12.0. The Hall–Kier alpha value is -2.37. The Labute approximate surface area is 153 Å². The van der Waals surface area contributed by atoms with E-state index >= 15 is 0 Å². The molecule has 6 heteroatoms. The van der Waals surface area contributed by atoms with Gasteiger partial charge in [0.05, 0.1) is 31.2 Å². The van der Waals surface area contributed by atoms with Crippen LogP contribution in [0.15, 0.2) is 54.6 Å². The molecule has 2 rings (SSSR count). The normalized spacial score (nSPS) is 11.8. The zero-order chi connectivity index (χ0) is 18.2. The van der Waals surface area contributed by atoms with E-state index in [4.69, 9.17) is 11.6 Å². The number of nitrogens with one attached hydrogen (secondary N) is 3. The van der Waals surface area contributed by atoms with Crippen LogP contribution in [0.2, 0.25) is 5.02 Å². The summed E-state index contributed by atoms with van der Waals surface area (Å²) in [5.41, 5.74) is 1.39. The molecule has 3 N–H and O–H groups in total. The minimum absolute atomic E-state index is 0.101. The van der Waals surface area contributed by atoms with Gasteiger partial charge in [0.15, 0.2) is 0 Å². The smallest absolute Gasteiger partial charge is 0.253 e. The summed E-state index contributed by atoms with van der Waals surface area (Å²) in [6.07, 6.45) is 0. The number of likely N-dealkylation sites (N-methyl/N-ethyl adjacent to an activating group) is 1. The predicted molar refractivity (Wildman–Crippen MR) is 98.8 cm³/mol. The number of hydrogen-bond donors (Lipinski definition) is 3. The van der Waals surface area contributed by atoms with Crippen LogP contribution in [0.25, 0.3) is 0 Å². The van der Waals surface area contributed by atoms with Crippen molar-refractivity contribution in [2.75, 3.05) is 27.2 Å². The van der Waals surface area contributed by atoms with E-state index in [9.17, 15) is 9.59 Å². The summed E-state index contributed by atoms with van der Waals surface area (Å²) in [5.74, 6) is -0.606. The highest BCUT2D eigenvalue weighted by molar-refractivity contribution is 6.33. The Morgan fingerprint density at radius 3 is 2.32 bits per heavy atom. The number of quaternary nitrogens is 1. The fourth-order valence-corrected chi connectivity index (χ4v) is 2.71. The van der Waals surface area contributed by atoms with Crippen LogP contribution < -0.4 is 15.5 Å². The quantitative estimate of drug-likeness (QED) is 0.691. The molecule has 0 heterocycles. The van der Waals surface area contributed by atoms with Crippen molar-refractivity contribution in [2.24, 2.45) is 0 Å². The van der Waals surface area contributed by atoms with Crippen molar-refractivity contribution in [1.82, 2.24) is 10.6 Å². The molecule has 1 atom stereocenters. The highest BCUT2D eigenvalue weighted by atomic mass is 35.5. The average molecular weight is 361 g/mol. The zero-order valence-electron chi connectivity index (χ0n) is 14.4. The molecule has 25 heavy (non-hydrogen) atoms. The van der Waals surface area contributed by atoms with Crippen molar-refractivity contribution in [3.63, 3.8) is 0 Å². The molecule has 0 spiro atoms. The molecule has 2 amide bonds. The van der Waals surface area contributed by atoms with E-state index in [1.807, 2.05) is 44.4 Å². The van der Waals surface area contributed by atoms with Gasteiger partial charge in [-0.25, -0.2) is 0 Å². The molecule has 2 aromatic rings. The van der Waals surface area contributed by atoms with Crippen molar-refractivity contribution < 1.29 is 14.5 Å². The zero-order valence-corrected chi connectivity index (χ0v) is 15.1. The molecule has 2 aromatic carbocycles. The summed E-state index contributed by atoms with van der Waals surface area (Å²) in [6, 6.07) is 16.4. The second-order valence-corrected chi connectivity index (χ2v) is 6.51. The van der Waals surface area contributed by atoms with Crippen molar-refractivity contribution in [1.29, 1.82) is 0 Å². The third-order valence-corrected chi connectivity index (χ3v) is 4.01. The maximum atomic E-state index is 12.3. The maximum absolute atomic E-state index is 12.3. The van der Waals surface area contributed by atoms with Crippen LogP contribution in [0.1, 0.15) is 22.0 Å². The first-order valence-electron chi connectivity index (χ1n) is 8.13. The third kappa shape index (κ3) is 5.89. The summed E-state index contributed by atoms with van der Waals surface area (Å²) in [5, 5.41) is 5.95. The summed E-state index contributed by atoms with van der Waals surface area (Å²) >= 11 is 5.99. The first-order valence-corrected chi connectivity index (χ1v) is 8.51. The topological polar surface area (TPSA) is 62.6 Å². The molecule has 0 aliphatic heterocycles. The van der Waals surface area contributed by atoms with Crippen LogP contribution >= 0.6 is 11.6 Å². The molecule has 0 aromatic heterocycles. The second-order valence-electron chi connectivity index (χ2n) is 6.10. The monoisotopic (exact) mass is 360 g/mol. The van der Waals surface area contributed by atoms with Crippen LogP contribution in [-0.4, -0.2) is 39.0 Å². The minimum atomic E-state index is -0.366. The van der Waals surface area contributed by atoms with Crippen molar-refractivity contribution in [3.05, 3.63) is 70.7 Å². The SMILES string of the molecule is C[NH+](C)C[C@H](NC(=O)CNC(=O)c1ccccc1Cl)c1ccccc1. The van der Waals surface area contributed by atoms with Gasteiger partial charge in [-0.2, -0.15) is 0 Å². The maximum Gasteiger partial charge on any atom is 0.253 e. The predicted octanol–water partition coefficient (Wildman–Crippen LogP) is 1.07. The molecule has 0 aliphatic carbocycles. The number of carbonyl (C=O) groups excluding carboxylic acids is 2. The molecule has 0 aliphatic rings. The Bertz CT molecular complexity index is 720. The molecular formula is C19H23ClN3O2+. The molecular weight excluding hydrogens is 338 g/mol. The van der Waals surface area contributed by atoms with E-state index < -0.39 is 0 Å². The molecule has 5 nitrogen and oxygen atoms in total. The Balaban J connectivity index is 1.95. The molecule has 132 valence electrons. The lowest BCUT2D eigenvalue weighted by molar-refractivity contribution is -0.860. The number of benzene rings is 2. The number of halogens is 1. The van der Waals surface area contributed by atoms with Crippen LogP contribution in [0, 0.1) is 0 Å². The number of carbonyl (C=O) groups is 2. The number of rotatable bonds is 7. The van der Waals surface area contributed by atoms with Crippen LogP contribution in [0.5, 0.6) is 0 Å². The minimum Gasteiger partial charge on any atom is -0.343 e. The van der Waals surface area contributed by atoms with Gasteiger partial charge in [0, 0.05) is 0 Å². The van der Waals surface area contributed by atoms with E-state index in [1.165, 1.54) is 4.90 Å². The summed E-state index contributed by atoms with van der Waals surface area (Å²) < 4.78 is 0. The van der Waals surface area contributed by atoms with Crippen molar-refractivity contribution >= 4 is 23.4 Å². The van der Waals surface area contributed by atoms with Crippen LogP contribution in [0.4, 0.5) is 0 Å². The standard InChI is InChI=1S/C19H22ClN3O2/c1-23(2)13-17(14-8-4-3-5-9-14)22-18(24)12-21-19(25)15-10-6-7-11-16(15)20/h3-11,17H,12-13H2,1-2H3,(H,21,25)(H,22,24)/p+1/t17-/m0/s1. The van der Waals surface area contributed by atoms with E-state index in [0.29, 0.717) is 10.6 Å². The highest BCUT2D eigenvalue weighted by Gasteiger charge is 2.18. The van der Waals surface area contributed by atoms with Crippen molar-refractivity contribution in [3.8, 4) is 0 Å². The highest BCUT2D eigenvalue weighted by Crippen LogP contribution is 2.14.